The molecule has 0 atom stereocenters. The second kappa shape index (κ2) is 9.02. The molecule has 0 aromatic heterocycles. The minimum absolute atomic E-state index is 0. The first kappa shape index (κ1) is 23.3. The smallest absolute Gasteiger partial charge is 1.00 e. The van der Waals surface area contributed by atoms with Crippen LogP contribution in [0.1, 0.15) is 0 Å². The molecule has 12 heteroatoms. The molecule has 0 radical (unpaired) electrons. The minimum atomic E-state index is -4.67. The number of hydrogen-bond acceptors (Lipinski definition) is 4. The van der Waals surface area contributed by atoms with Crippen LogP contribution in [-0.2, 0) is 30.6 Å². The largest absolute Gasteiger partial charge is 1.00 e. The SMILES string of the molecule is O=S(=O)(O)O.O=S(O)(O)=S.[Cl-].[Na+]. The molecule has 0 unspecified atom stereocenters. The summed E-state index contributed by atoms with van der Waals surface area (Å²) < 4.78 is 55.5. The molecule has 0 bridgehead atoms. The molecule has 7 nitrogen and oxygen atoms in total. The van der Waals surface area contributed by atoms with Crippen molar-refractivity contribution in [3.8, 4) is 0 Å². The van der Waals surface area contributed by atoms with Crippen LogP contribution in [0.5, 0.6) is 0 Å². The first-order valence-corrected chi connectivity index (χ1v) is 5.19. The molecule has 0 aliphatic heterocycles. The fourth-order valence-electron chi connectivity index (χ4n) is 0. The Morgan fingerprint density at radius 1 is 0.917 bits per heavy atom. The van der Waals surface area contributed by atoms with Gasteiger partial charge in [0, 0.05) is 11.2 Å². The number of rotatable bonds is 0. The molecule has 0 rings (SSSR count). The van der Waals surface area contributed by atoms with E-state index >= 15 is 0 Å². The zero-order valence-electron chi connectivity index (χ0n) is 5.62. The predicted molar refractivity (Wildman–Crippen MR) is 34.9 cm³/mol. The summed E-state index contributed by atoms with van der Waals surface area (Å²) in [5, 5.41) is 0. The zero-order valence-corrected chi connectivity index (χ0v) is 10.8. The van der Waals surface area contributed by atoms with Gasteiger partial charge in [-0.25, -0.2) is 0 Å². The third-order valence-corrected chi connectivity index (χ3v) is 0. The Hall–Kier alpha value is 1.45. The quantitative estimate of drug-likeness (QED) is 0.252. The first-order valence-electron chi connectivity index (χ1n) is 1.40. The molecule has 12 heavy (non-hydrogen) atoms. The van der Waals surface area contributed by atoms with E-state index in [2.05, 4.69) is 11.2 Å². The molecular formula is H4ClNaO7S3. The van der Waals surface area contributed by atoms with E-state index in [0.29, 0.717) is 0 Å². The second-order valence-electron chi connectivity index (χ2n) is 0.896. The summed E-state index contributed by atoms with van der Waals surface area (Å²) in [4.78, 5) is 0. The summed E-state index contributed by atoms with van der Waals surface area (Å²) in [6.45, 7) is 0. The zero-order chi connectivity index (χ0) is 9.00. The van der Waals surface area contributed by atoms with Crippen molar-refractivity contribution < 1.29 is 72.8 Å². The Morgan fingerprint density at radius 3 is 0.917 bits per heavy atom. The Balaban J connectivity index is -0.0000000457. The molecule has 0 saturated heterocycles. The number of hydrogen-bond donors (Lipinski definition) is 4. The van der Waals surface area contributed by atoms with Gasteiger partial charge in [-0.2, -0.15) is 12.6 Å². The maximum Gasteiger partial charge on any atom is 1.00 e. The molecular weight excluding hydrogens is 267 g/mol. The van der Waals surface area contributed by atoms with E-state index in [1.54, 1.807) is 0 Å². The summed E-state index contributed by atoms with van der Waals surface area (Å²) in [5.74, 6) is 0. The minimum Gasteiger partial charge on any atom is -1.00 e. The van der Waals surface area contributed by atoms with Crippen molar-refractivity contribution in [3.05, 3.63) is 0 Å². The molecule has 0 aromatic rings. The van der Waals surface area contributed by atoms with Crippen LogP contribution in [0.25, 0.3) is 0 Å². The Kier molecular flexibility index (Phi) is 17.6. The normalized spacial score (nSPS) is 9.67. The van der Waals surface area contributed by atoms with Crippen LogP contribution in [0.3, 0.4) is 0 Å². The Morgan fingerprint density at radius 2 is 0.917 bits per heavy atom. The van der Waals surface area contributed by atoms with Gasteiger partial charge in [0.1, 0.15) is 0 Å². The molecule has 4 N–H and O–H groups in total. The predicted octanol–water partition coefficient (Wildman–Crippen LogP) is -6.97. The van der Waals surface area contributed by atoms with Crippen LogP contribution < -0.4 is 42.0 Å². The van der Waals surface area contributed by atoms with Gasteiger partial charge in [-0.1, -0.05) is 0 Å². The van der Waals surface area contributed by atoms with Gasteiger partial charge >= 0.3 is 40.0 Å². The number of halogens is 1. The van der Waals surface area contributed by atoms with Gasteiger partial charge in [0.25, 0.3) is 9.05 Å². The van der Waals surface area contributed by atoms with Crippen molar-refractivity contribution in [2.24, 2.45) is 0 Å². The average molecular weight is 271 g/mol. The van der Waals surface area contributed by atoms with Crippen LogP contribution in [0.15, 0.2) is 0 Å². The molecule has 0 spiro atoms. The molecule has 0 fully saturated rings. The summed E-state index contributed by atoms with van der Waals surface area (Å²) in [5.41, 5.74) is 0. The molecule has 0 heterocycles. The third kappa shape index (κ3) is 595. The summed E-state index contributed by atoms with van der Waals surface area (Å²) in [6, 6.07) is 0. The van der Waals surface area contributed by atoms with Gasteiger partial charge in [-0.05, 0) is 0 Å². The van der Waals surface area contributed by atoms with E-state index in [1.165, 1.54) is 0 Å². The fourth-order valence-corrected chi connectivity index (χ4v) is 0. The van der Waals surface area contributed by atoms with Crippen LogP contribution in [0.4, 0.5) is 0 Å². The van der Waals surface area contributed by atoms with Gasteiger partial charge < -0.3 is 12.4 Å². The molecule has 0 amide bonds. The van der Waals surface area contributed by atoms with Crippen LogP contribution in [0, 0.1) is 0 Å². The van der Waals surface area contributed by atoms with Crippen molar-refractivity contribution in [2.45, 2.75) is 0 Å². The molecule has 0 aliphatic rings. The van der Waals surface area contributed by atoms with E-state index in [9.17, 15) is 0 Å². The van der Waals surface area contributed by atoms with Gasteiger partial charge in [0.05, 0.1) is 0 Å². The van der Waals surface area contributed by atoms with E-state index < -0.39 is 19.5 Å². The average Bonchev–Trinajstić information content (AvgIpc) is 1.12. The van der Waals surface area contributed by atoms with Crippen molar-refractivity contribution in [1.29, 1.82) is 0 Å². The van der Waals surface area contributed by atoms with Crippen molar-refractivity contribution >= 4 is 30.6 Å². The summed E-state index contributed by atoms with van der Waals surface area (Å²) in [7, 11) is -8.50. The van der Waals surface area contributed by atoms with Crippen molar-refractivity contribution in [1.82, 2.24) is 0 Å². The summed E-state index contributed by atoms with van der Waals surface area (Å²) >= 11 is 3.47. The van der Waals surface area contributed by atoms with Gasteiger partial charge in [0.15, 0.2) is 0 Å². The summed E-state index contributed by atoms with van der Waals surface area (Å²) in [6.07, 6.45) is 0. The Labute approximate surface area is 103 Å². The van der Waals surface area contributed by atoms with Gasteiger partial charge in [0.2, 0.25) is 0 Å². The standard InChI is InChI=1S/ClH.Na.H2O4S.H2O3S2/c;;2*1-5(2,3)4/h1H;;2*(H2,1,2,3,4)/q;+1;;/p-1. The van der Waals surface area contributed by atoms with E-state index in [0.717, 1.165) is 0 Å². The maximum absolute atomic E-state index is 9.11. The topological polar surface area (TPSA) is 132 Å². The molecule has 0 aliphatic carbocycles. The third-order valence-electron chi connectivity index (χ3n) is 0. The van der Waals surface area contributed by atoms with Crippen molar-refractivity contribution in [3.63, 3.8) is 0 Å². The molecule has 0 saturated carbocycles. The Bertz CT molecular complexity index is 215. The van der Waals surface area contributed by atoms with Crippen LogP contribution in [-0.4, -0.2) is 30.8 Å². The second-order valence-corrected chi connectivity index (χ2v) is 3.99. The van der Waals surface area contributed by atoms with Gasteiger partial charge in [-0.15, -0.1) is 0 Å². The molecule has 0 aromatic carbocycles. The van der Waals surface area contributed by atoms with E-state index in [4.69, 9.17) is 30.8 Å². The monoisotopic (exact) mass is 270 g/mol. The van der Waals surface area contributed by atoms with Crippen LogP contribution >= 0.6 is 0 Å². The van der Waals surface area contributed by atoms with Crippen LogP contribution in [0.2, 0.25) is 0 Å². The molecule has 72 valence electrons. The van der Waals surface area contributed by atoms with Crippen molar-refractivity contribution in [2.75, 3.05) is 0 Å². The maximum atomic E-state index is 9.11. The fraction of sp³-hybridized carbons (Fsp3) is 0. The van der Waals surface area contributed by atoms with E-state index in [1.807, 2.05) is 0 Å². The van der Waals surface area contributed by atoms with Gasteiger partial charge in [-0.3, -0.25) is 18.2 Å². The van der Waals surface area contributed by atoms with E-state index in [-0.39, 0.29) is 42.0 Å². The first-order chi connectivity index (χ1) is 4.00.